The Balaban J connectivity index is 1.37. The van der Waals surface area contributed by atoms with Crippen molar-refractivity contribution >= 4 is 5.91 Å². The third kappa shape index (κ3) is 3.87. The molecule has 1 aromatic rings. The van der Waals surface area contributed by atoms with Crippen LogP contribution >= 0.6 is 0 Å². The van der Waals surface area contributed by atoms with E-state index >= 15 is 0 Å². The summed E-state index contributed by atoms with van der Waals surface area (Å²) >= 11 is 0. The largest absolute Gasteiger partial charge is 0.351 e. The quantitative estimate of drug-likeness (QED) is 0.759. The Bertz CT molecular complexity index is 695. The molecular formula is C21H29F2N3O. The number of rotatable bonds is 3. The molecule has 27 heavy (non-hydrogen) atoms. The summed E-state index contributed by atoms with van der Waals surface area (Å²) in [6, 6.07) is 4.32. The van der Waals surface area contributed by atoms with Crippen LogP contribution in [0.15, 0.2) is 18.2 Å². The maximum absolute atomic E-state index is 13.7. The molecule has 3 fully saturated rings. The van der Waals surface area contributed by atoms with Gasteiger partial charge in [0, 0.05) is 30.5 Å². The average Bonchev–Trinajstić information content (AvgIpc) is 2.63. The Hall–Kier alpha value is -1.53. The topological polar surface area (TPSA) is 67.2 Å². The Morgan fingerprint density at radius 3 is 2.59 bits per heavy atom. The molecule has 148 valence electrons. The molecule has 1 aromatic carbocycles. The van der Waals surface area contributed by atoms with Crippen molar-refractivity contribution < 1.29 is 13.6 Å². The molecule has 0 bridgehead atoms. The first-order valence-corrected chi connectivity index (χ1v) is 10.2. The number of benzene rings is 1. The van der Waals surface area contributed by atoms with Gasteiger partial charge in [0.1, 0.15) is 0 Å². The molecule has 1 aliphatic heterocycles. The van der Waals surface area contributed by atoms with Crippen molar-refractivity contribution in [1.29, 1.82) is 0 Å². The summed E-state index contributed by atoms with van der Waals surface area (Å²) in [5.41, 5.74) is 7.10. The van der Waals surface area contributed by atoms with Gasteiger partial charge in [0.2, 0.25) is 5.91 Å². The summed E-state index contributed by atoms with van der Waals surface area (Å²) in [4.78, 5) is 12.8. The fourth-order valence-corrected chi connectivity index (χ4v) is 5.28. The number of hydrogen-bond donors (Lipinski definition) is 3. The molecule has 2 saturated carbocycles. The van der Waals surface area contributed by atoms with Gasteiger partial charge in [0.25, 0.3) is 0 Å². The average molecular weight is 377 g/mol. The maximum Gasteiger partial charge on any atom is 0.223 e. The fraction of sp³-hybridized carbons (Fsp3) is 0.667. The lowest BCUT2D eigenvalue weighted by atomic mass is 9.55. The van der Waals surface area contributed by atoms with E-state index in [-0.39, 0.29) is 23.8 Å². The molecule has 1 saturated heterocycles. The van der Waals surface area contributed by atoms with E-state index in [1.54, 1.807) is 6.07 Å². The Labute approximate surface area is 159 Å². The lowest BCUT2D eigenvalue weighted by Gasteiger charge is -2.51. The Kier molecular flexibility index (Phi) is 5.21. The van der Waals surface area contributed by atoms with Gasteiger partial charge in [-0.15, -0.1) is 0 Å². The molecule has 1 spiro atoms. The normalized spacial score (nSPS) is 36.3. The first-order chi connectivity index (χ1) is 13.0. The summed E-state index contributed by atoms with van der Waals surface area (Å²) in [5, 5.41) is 6.50. The summed E-state index contributed by atoms with van der Waals surface area (Å²) in [6.07, 6.45) is 7.13. The second-order valence-corrected chi connectivity index (χ2v) is 8.83. The van der Waals surface area contributed by atoms with E-state index in [1.165, 1.54) is 12.1 Å². The van der Waals surface area contributed by atoms with Gasteiger partial charge in [-0.1, -0.05) is 6.07 Å². The van der Waals surface area contributed by atoms with Crippen molar-refractivity contribution in [2.75, 3.05) is 13.1 Å². The van der Waals surface area contributed by atoms with Gasteiger partial charge in [-0.2, -0.15) is 0 Å². The number of carbonyl (C=O) groups is 1. The molecule has 3 aliphatic rings. The predicted octanol–water partition coefficient (Wildman–Crippen LogP) is 2.82. The molecule has 4 N–H and O–H groups in total. The smallest absolute Gasteiger partial charge is 0.223 e. The molecule has 1 amide bonds. The minimum absolute atomic E-state index is 0.00650. The van der Waals surface area contributed by atoms with Crippen LogP contribution in [0.2, 0.25) is 0 Å². The molecule has 6 heteroatoms. The molecule has 0 radical (unpaired) electrons. The number of amides is 1. The highest BCUT2D eigenvalue weighted by Crippen LogP contribution is 2.54. The zero-order chi connectivity index (χ0) is 19.0. The van der Waals surface area contributed by atoms with Crippen LogP contribution in [0.3, 0.4) is 0 Å². The van der Waals surface area contributed by atoms with Gasteiger partial charge in [0.15, 0.2) is 11.6 Å². The number of hydrogen-bond acceptors (Lipinski definition) is 3. The first kappa shape index (κ1) is 18.8. The molecule has 2 atom stereocenters. The van der Waals surface area contributed by atoms with Crippen LogP contribution in [0.5, 0.6) is 0 Å². The van der Waals surface area contributed by atoms with Crippen LogP contribution in [0.1, 0.15) is 56.4 Å². The fourth-order valence-electron chi connectivity index (χ4n) is 5.28. The number of halogens is 2. The van der Waals surface area contributed by atoms with Crippen molar-refractivity contribution in [2.24, 2.45) is 17.1 Å². The minimum atomic E-state index is -0.833. The van der Waals surface area contributed by atoms with Crippen molar-refractivity contribution in [2.45, 2.75) is 62.9 Å². The van der Waals surface area contributed by atoms with E-state index in [4.69, 9.17) is 5.73 Å². The highest BCUT2D eigenvalue weighted by molar-refractivity contribution is 5.80. The van der Waals surface area contributed by atoms with Crippen LogP contribution in [0.4, 0.5) is 8.78 Å². The van der Waals surface area contributed by atoms with Crippen molar-refractivity contribution in [3.05, 3.63) is 35.4 Å². The van der Waals surface area contributed by atoms with Gasteiger partial charge < -0.3 is 16.4 Å². The highest BCUT2D eigenvalue weighted by Gasteiger charge is 2.48. The summed E-state index contributed by atoms with van der Waals surface area (Å²) in [7, 11) is 0. The minimum Gasteiger partial charge on any atom is -0.351 e. The van der Waals surface area contributed by atoms with Crippen LogP contribution in [-0.2, 0) is 4.79 Å². The Morgan fingerprint density at radius 2 is 1.89 bits per heavy atom. The standard InChI is InChI=1S/C21H29F2N3O/c22-17-2-1-13(9-18(17)23)16-5-8-25-12-19(16)26-20(27)14-10-21(11-14)6-3-15(24)4-7-21/h1-2,9,14-16,19,25H,3-8,10-12,24H2,(H,26,27)/t14?,15?,16-,19-,21?/m1/s1. The van der Waals surface area contributed by atoms with Gasteiger partial charge in [0.05, 0.1) is 0 Å². The van der Waals surface area contributed by atoms with Crippen molar-refractivity contribution in [3.63, 3.8) is 0 Å². The molecule has 2 aliphatic carbocycles. The summed E-state index contributed by atoms with van der Waals surface area (Å²) in [6.45, 7) is 1.46. The van der Waals surface area contributed by atoms with Crippen molar-refractivity contribution in [3.8, 4) is 0 Å². The SMILES string of the molecule is NC1CCC2(CC1)CC(C(=O)N[C@@H]1CNCC[C@@H]1c1ccc(F)c(F)c1)C2. The van der Waals surface area contributed by atoms with Gasteiger partial charge in [-0.25, -0.2) is 8.78 Å². The van der Waals surface area contributed by atoms with Gasteiger partial charge in [-0.05, 0) is 74.6 Å². The molecule has 4 nitrogen and oxygen atoms in total. The summed E-state index contributed by atoms with van der Waals surface area (Å²) < 4.78 is 26.9. The summed E-state index contributed by atoms with van der Waals surface area (Å²) in [5.74, 6) is -1.47. The zero-order valence-corrected chi connectivity index (χ0v) is 15.6. The number of carbonyl (C=O) groups excluding carboxylic acids is 1. The van der Waals surface area contributed by atoms with Crippen LogP contribution in [0.25, 0.3) is 0 Å². The van der Waals surface area contributed by atoms with Crippen LogP contribution in [0, 0.1) is 23.0 Å². The maximum atomic E-state index is 13.7. The second kappa shape index (κ2) is 7.47. The van der Waals surface area contributed by atoms with E-state index in [1.807, 2.05) is 0 Å². The van der Waals surface area contributed by atoms with E-state index < -0.39 is 11.6 Å². The predicted molar refractivity (Wildman–Crippen MR) is 100 cm³/mol. The molecule has 4 rings (SSSR count). The molecule has 0 unspecified atom stereocenters. The molecule has 0 aromatic heterocycles. The van der Waals surface area contributed by atoms with Crippen molar-refractivity contribution in [1.82, 2.24) is 10.6 Å². The van der Waals surface area contributed by atoms with Gasteiger partial charge in [-0.3, -0.25) is 4.79 Å². The molecule has 1 heterocycles. The number of piperidine rings is 1. The zero-order valence-electron chi connectivity index (χ0n) is 15.6. The number of nitrogens with one attached hydrogen (secondary N) is 2. The lowest BCUT2D eigenvalue weighted by molar-refractivity contribution is -0.135. The van der Waals surface area contributed by atoms with E-state index in [2.05, 4.69) is 10.6 Å². The Morgan fingerprint density at radius 1 is 1.15 bits per heavy atom. The third-order valence-electron chi connectivity index (χ3n) is 7.00. The van der Waals surface area contributed by atoms with Crippen LogP contribution in [-0.4, -0.2) is 31.1 Å². The van der Waals surface area contributed by atoms with Gasteiger partial charge >= 0.3 is 0 Å². The van der Waals surface area contributed by atoms with E-state index in [0.717, 1.165) is 57.1 Å². The van der Waals surface area contributed by atoms with E-state index in [0.29, 0.717) is 18.0 Å². The second-order valence-electron chi connectivity index (χ2n) is 8.83. The number of nitrogens with two attached hydrogens (primary N) is 1. The van der Waals surface area contributed by atoms with Crippen LogP contribution < -0.4 is 16.4 Å². The first-order valence-electron chi connectivity index (χ1n) is 10.2. The highest BCUT2D eigenvalue weighted by atomic mass is 19.2. The van der Waals surface area contributed by atoms with E-state index in [9.17, 15) is 13.6 Å². The molecular weight excluding hydrogens is 348 g/mol. The monoisotopic (exact) mass is 377 g/mol. The third-order valence-corrected chi connectivity index (χ3v) is 7.00. The lowest BCUT2D eigenvalue weighted by Crippen LogP contribution is -2.54.